The third-order valence-corrected chi connectivity index (χ3v) is 2.34. The Kier molecular flexibility index (Phi) is 2.88. The maximum atomic E-state index is 13.1. The van der Waals surface area contributed by atoms with Crippen LogP contribution in [0.1, 0.15) is 11.7 Å². The van der Waals surface area contributed by atoms with Gasteiger partial charge in [0, 0.05) is 5.69 Å². The normalized spacial score (nSPS) is 12.4. The summed E-state index contributed by atoms with van der Waals surface area (Å²) in [6.45, 7) is 0. The highest BCUT2D eigenvalue weighted by molar-refractivity contribution is 5.74. The first-order valence-corrected chi connectivity index (χ1v) is 4.86. The lowest BCUT2D eigenvalue weighted by Gasteiger charge is -2.11. The highest BCUT2D eigenvalue weighted by Gasteiger charge is 2.19. The van der Waals surface area contributed by atoms with Crippen molar-refractivity contribution in [2.24, 2.45) is 5.73 Å². The molecule has 0 aliphatic heterocycles. The van der Waals surface area contributed by atoms with E-state index >= 15 is 0 Å². The monoisotopic (exact) mass is 235 g/mol. The lowest BCUT2D eigenvalue weighted by molar-refractivity contribution is -0.138. The number of carbonyl (C=O) groups is 1. The molecule has 5 nitrogen and oxygen atoms in total. The third-order valence-electron chi connectivity index (χ3n) is 2.34. The fourth-order valence-corrected chi connectivity index (χ4v) is 1.50. The van der Waals surface area contributed by atoms with E-state index in [4.69, 9.17) is 10.8 Å². The van der Waals surface area contributed by atoms with Crippen molar-refractivity contribution in [3.8, 4) is 5.69 Å². The van der Waals surface area contributed by atoms with E-state index in [0.717, 1.165) is 0 Å². The number of halogens is 1. The summed E-state index contributed by atoms with van der Waals surface area (Å²) in [5.41, 5.74) is 6.28. The summed E-state index contributed by atoms with van der Waals surface area (Å²) in [4.78, 5) is 14.6. The Morgan fingerprint density at radius 3 is 2.94 bits per heavy atom. The Balaban J connectivity index is 2.47. The quantitative estimate of drug-likeness (QED) is 0.834. The largest absolute Gasteiger partial charge is 0.480 e. The van der Waals surface area contributed by atoms with Crippen molar-refractivity contribution in [1.82, 2.24) is 9.55 Å². The van der Waals surface area contributed by atoms with Crippen LogP contribution in [0.2, 0.25) is 0 Å². The molecule has 1 aromatic heterocycles. The molecule has 17 heavy (non-hydrogen) atoms. The molecule has 3 N–H and O–H groups in total. The number of hydrogen-bond acceptors (Lipinski definition) is 3. The van der Waals surface area contributed by atoms with Crippen molar-refractivity contribution in [3.05, 3.63) is 48.3 Å². The molecular weight excluding hydrogens is 225 g/mol. The Hall–Kier alpha value is -2.21. The van der Waals surface area contributed by atoms with Crippen molar-refractivity contribution in [2.75, 3.05) is 0 Å². The lowest BCUT2D eigenvalue weighted by atomic mass is 10.2. The summed E-state index contributed by atoms with van der Waals surface area (Å²) in [5.74, 6) is -1.57. The summed E-state index contributed by atoms with van der Waals surface area (Å²) < 4.78 is 14.5. The minimum atomic E-state index is -1.19. The zero-order valence-electron chi connectivity index (χ0n) is 8.75. The molecule has 0 saturated heterocycles. The van der Waals surface area contributed by atoms with Crippen LogP contribution in [0.4, 0.5) is 4.39 Å². The van der Waals surface area contributed by atoms with E-state index in [0.29, 0.717) is 11.4 Å². The minimum Gasteiger partial charge on any atom is -0.480 e. The van der Waals surface area contributed by atoms with Crippen LogP contribution in [-0.4, -0.2) is 20.6 Å². The summed E-state index contributed by atoms with van der Waals surface area (Å²) in [5, 5.41) is 8.84. The molecule has 0 amide bonds. The number of carboxylic acid groups (broad SMARTS) is 1. The Bertz CT molecular complexity index is 553. The van der Waals surface area contributed by atoms with E-state index in [-0.39, 0.29) is 0 Å². The number of hydrogen-bond donors (Lipinski definition) is 2. The molecule has 0 saturated carbocycles. The summed E-state index contributed by atoms with van der Waals surface area (Å²) >= 11 is 0. The first kappa shape index (κ1) is 11.3. The molecule has 6 heteroatoms. The molecule has 0 spiro atoms. The molecule has 88 valence electrons. The van der Waals surface area contributed by atoms with Gasteiger partial charge in [-0.05, 0) is 18.2 Å². The van der Waals surface area contributed by atoms with Gasteiger partial charge in [-0.15, -0.1) is 0 Å². The van der Waals surface area contributed by atoms with Crippen LogP contribution in [-0.2, 0) is 4.79 Å². The number of imidazole rings is 1. The fraction of sp³-hybridized carbons (Fsp3) is 0.0909. The van der Waals surface area contributed by atoms with Crippen LogP contribution in [0.3, 0.4) is 0 Å². The van der Waals surface area contributed by atoms with E-state index in [1.165, 1.54) is 35.3 Å². The van der Waals surface area contributed by atoms with E-state index in [1.807, 2.05) is 0 Å². The van der Waals surface area contributed by atoms with Gasteiger partial charge in [-0.25, -0.2) is 9.37 Å². The van der Waals surface area contributed by atoms with Crippen molar-refractivity contribution >= 4 is 5.97 Å². The molecule has 1 unspecified atom stereocenters. The number of nitrogens with zero attached hydrogens (tertiary/aromatic N) is 2. The van der Waals surface area contributed by atoms with Gasteiger partial charge in [0.1, 0.15) is 11.9 Å². The van der Waals surface area contributed by atoms with E-state index < -0.39 is 17.8 Å². The predicted octanol–water partition coefficient (Wildman–Crippen LogP) is 1.10. The molecule has 1 heterocycles. The number of aliphatic carboxylic acids is 1. The van der Waals surface area contributed by atoms with Crippen LogP contribution in [0, 0.1) is 5.82 Å². The molecular formula is C11H10FN3O2. The number of nitrogens with two attached hydrogens (primary N) is 1. The molecule has 0 fully saturated rings. The van der Waals surface area contributed by atoms with E-state index in [1.54, 1.807) is 6.07 Å². The number of benzene rings is 1. The highest BCUT2D eigenvalue weighted by atomic mass is 19.1. The summed E-state index contributed by atoms with van der Waals surface area (Å²) in [7, 11) is 0. The van der Waals surface area contributed by atoms with Crippen LogP contribution in [0.15, 0.2) is 36.8 Å². The molecule has 0 radical (unpaired) electrons. The highest BCUT2D eigenvalue weighted by Crippen LogP contribution is 2.17. The zero-order chi connectivity index (χ0) is 12.4. The smallest absolute Gasteiger partial charge is 0.326 e. The van der Waals surface area contributed by atoms with Gasteiger partial charge in [0.25, 0.3) is 0 Å². The topological polar surface area (TPSA) is 81.1 Å². The molecule has 0 aliphatic carbocycles. The maximum absolute atomic E-state index is 13.1. The summed E-state index contributed by atoms with van der Waals surface area (Å²) in [6, 6.07) is 4.56. The van der Waals surface area contributed by atoms with Crippen molar-refractivity contribution in [3.63, 3.8) is 0 Å². The standard InChI is InChI=1S/C11H10FN3O2/c12-7-2-1-3-8(4-7)15-6-14-5-9(15)10(13)11(16)17/h1-6,10H,13H2,(H,16,17). The lowest BCUT2D eigenvalue weighted by Crippen LogP contribution is -2.23. The SMILES string of the molecule is NC(C(=O)O)c1cncn1-c1cccc(F)c1. The average molecular weight is 235 g/mol. The third kappa shape index (κ3) is 2.16. The molecule has 1 aromatic carbocycles. The van der Waals surface area contributed by atoms with Crippen LogP contribution >= 0.6 is 0 Å². The van der Waals surface area contributed by atoms with Crippen LogP contribution < -0.4 is 5.73 Å². The fourth-order valence-electron chi connectivity index (χ4n) is 1.50. The Labute approximate surface area is 96.3 Å². The number of rotatable bonds is 3. The van der Waals surface area contributed by atoms with Gasteiger partial charge in [0.05, 0.1) is 18.2 Å². The van der Waals surface area contributed by atoms with Gasteiger partial charge in [0.15, 0.2) is 0 Å². The molecule has 2 rings (SSSR count). The second-order valence-corrected chi connectivity index (χ2v) is 3.48. The molecule has 2 aromatic rings. The average Bonchev–Trinajstić information content (AvgIpc) is 2.76. The first-order valence-electron chi connectivity index (χ1n) is 4.86. The van der Waals surface area contributed by atoms with Gasteiger partial charge >= 0.3 is 5.97 Å². The molecule has 1 atom stereocenters. The van der Waals surface area contributed by atoms with Gasteiger partial charge in [-0.3, -0.25) is 4.79 Å². The zero-order valence-corrected chi connectivity index (χ0v) is 8.75. The van der Waals surface area contributed by atoms with E-state index in [2.05, 4.69) is 4.98 Å². The molecule has 0 aliphatic rings. The minimum absolute atomic E-state index is 0.295. The van der Waals surface area contributed by atoms with Crippen LogP contribution in [0.25, 0.3) is 5.69 Å². The van der Waals surface area contributed by atoms with Crippen molar-refractivity contribution in [2.45, 2.75) is 6.04 Å². The number of aromatic nitrogens is 2. The van der Waals surface area contributed by atoms with Gasteiger partial charge in [-0.2, -0.15) is 0 Å². The van der Waals surface area contributed by atoms with Gasteiger partial charge < -0.3 is 15.4 Å². The van der Waals surface area contributed by atoms with Gasteiger partial charge in [-0.1, -0.05) is 6.07 Å². The second kappa shape index (κ2) is 4.34. The van der Waals surface area contributed by atoms with E-state index in [9.17, 15) is 9.18 Å². The Morgan fingerprint density at radius 2 is 2.29 bits per heavy atom. The second-order valence-electron chi connectivity index (χ2n) is 3.48. The maximum Gasteiger partial charge on any atom is 0.326 e. The number of carboxylic acids is 1. The molecule has 0 bridgehead atoms. The Morgan fingerprint density at radius 1 is 1.53 bits per heavy atom. The van der Waals surface area contributed by atoms with Crippen molar-refractivity contribution < 1.29 is 14.3 Å². The first-order chi connectivity index (χ1) is 8.09. The van der Waals surface area contributed by atoms with Gasteiger partial charge in [0.2, 0.25) is 0 Å². The van der Waals surface area contributed by atoms with Crippen molar-refractivity contribution in [1.29, 1.82) is 0 Å². The predicted molar refractivity (Wildman–Crippen MR) is 58.1 cm³/mol. The van der Waals surface area contributed by atoms with Crippen LogP contribution in [0.5, 0.6) is 0 Å². The summed E-state index contributed by atoms with van der Waals surface area (Å²) in [6.07, 6.45) is 2.75.